The molecule has 3 nitrogen and oxygen atoms in total. The normalized spacial score (nSPS) is 10.1. The van der Waals surface area contributed by atoms with Crippen LogP contribution in [0.1, 0.15) is 15.9 Å². The minimum atomic E-state index is -0.511. The first-order valence-electron chi connectivity index (χ1n) is 4.15. The van der Waals surface area contributed by atoms with Crippen LogP contribution in [0, 0.1) is 5.82 Å². The average molecular weight is 277 g/mol. The number of carbonyl (C=O) groups is 1. The summed E-state index contributed by atoms with van der Waals surface area (Å²) in [6.45, 7) is 0.161. The van der Waals surface area contributed by atoms with Gasteiger partial charge in [-0.1, -0.05) is 0 Å². The first-order chi connectivity index (χ1) is 7.10. The van der Waals surface area contributed by atoms with E-state index in [-0.39, 0.29) is 11.1 Å². The first kappa shape index (κ1) is 12.1. The van der Waals surface area contributed by atoms with Gasteiger partial charge in [0.25, 0.3) is 0 Å². The lowest BCUT2D eigenvalue weighted by molar-refractivity contribution is 0.0595. The van der Waals surface area contributed by atoms with Crippen molar-refractivity contribution in [3.05, 3.63) is 33.5 Å². The van der Waals surface area contributed by atoms with Crippen molar-refractivity contribution < 1.29 is 18.7 Å². The molecule has 0 amide bonds. The van der Waals surface area contributed by atoms with Gasteiger partial charge in [0, 0.05) is 7.11 Å². The summed E-state index contributed by atoms with van der Waals surface area (Å²) in [6, 6.07) is 2.63. The van der Waals surface area contributed by atoms with E-state index in [2.05, 4.69) is 20.7 Å². The van der Waals surface area contributed by atoms with Gasteiger partial charge in [0.1, 0.15) is 5.82 Å². The number of rotatable bonds is 3. The Bertz CT molecular complexity index is 379. The monoisotopic (exact) mass is 276 g/mol. The molecular weight excluding hydrogens is 267 g/mol. The zero-order chi connectivity index (χ0) is 11.4. The van der Waals surface area contributed by atoms with E-state index in [1.165, 1.54) is 26.4 Å². The molecule has 0 saturated heterocycles. The second-order valence-electron chi connectivity index (χ2n) is 2.85. The highest BCUT2D eigenvalue weighted by Crippen LogP contribution is 2.22. The van der Waals surface area contributed by atoms with Crippen molar-refractivity contribution in [2.75, 3.05) is 14.2 Å². The van der Waals surface area contributed by atoms with Crippen LogP contribution in [-0.2, 0) is 16.1 Å². The number of ether oxygens (including phenoxy) is 2. The van der Waals surface area contributed by atoms with E-state index in [0.29, 0.717) is 11.1 Å². The van der Waals surface area contributed by atoms with Gasteiger partial charge in [-0.3, -0.25) is 0 Å². The van der Waals surface area contributed by atoms with E-state index in [1.807, 2.05) is 0 Å². The molecule has 82 valence electrons. The third-order valence-electron chi connectivity index (χ3n) is 1.85. The molecule has 5 heteroatoms. The SMILES string of the molecule is COCc1cc(F)c(Br)cc1C(=O)OC. The Balaban J connectivity index is 3.21. The Morgan fingerprint density at radius 1 is 1.47 bits per heavy atom. The summed E-state index contributed by atoms with van der Waals surface area (Å²) in [6.07, 6.45) is 0. The predicted octanol–water partition coefficient (Wildman–Crippen LogP) is 2.52. The van der Waals surface area contributed by atoms with Gasteiger partial charge in [0.05, 0.1) is 23.8 Å². The number of halogens is 2. The number of hydrogen-bond donors (Lipinski definition) is 0. The molecule has 0 bridgehead atoms. The van der Waals surface area contributed by atoms with Gasteiger partial charge in [0.2, 0.25) is 0 Å². The number of esters is 1. The maximum Gasteiger partial charge on any atom is 0.338 e. The average Bonchev–Trinajstić information content (AvgIpc) is 2.22. The summed E-state index contributed by atoms with van der Waals surface area (Å²) in [5.41, 5.74) is 0.762. The fourth-order valence-corrected chi connectivity index (χ4v) is 1.51. The van der Waals surface area contributed by atoms with Crippen LogP contribution >= 0.6 is 15.9 Å². The molecule has 0 heterocycles. The maximum atomic E-state index is 13.2. The van der Waals surface area contributed by atoms with E-state index in [0.717, 1.165) is 0 Å². The molecule has 0 N–H and O–H groups in total. The fraction of sp³-hybridized carbons (Fsp3) is 0.300. The van der Waals surface area contributed by atoms with Crippen molar-refractivity contribution >= 4 is 21.9 Å². The largest absolute Gasteiger partial charge is 0.465 e. The summed E-state index contributed by atoms with van der Waals surface area (Å²) in [5.74, 6) is -0.947. The molecule has 1 rings (SSSR count). The van der Waals surface area contributed by atoms with Crippen LogP contribution in [0.3, 0.4) is 0 Å². The molecule has 0 aliphatic rings. The zero-order valence-electron chi connectivity index (χ0n) is 8.34. The van der Waals surface area contributed by atoms with E-state index in [1.54, 1.807) is 0 Å². The van der Waals surface area contributed by atoms with Gasteiger partial charge in [-0.25, -0.2) is 9.18 Å². The number of hydrogen-bond acceptors (Lipinski definition) is 3. The maximum absolute atomic E-state index is 13.2. The molecule has 0 aliphatic heterocycles. The second-order valence-corrected chi connectivity index (χ2v) is 3.70. The lowest BCUT2D eigenvalue weighted by Crippen LogP contribution is -2.07. The summed E-state index contributed by atoms with van der Waals surface area (Å²) < 4.78 is 22.9. The third kappa shape index (κ3) is 2.76. The van der Waals surface area contributed by atoms with Gasteiger partial charge in [-0.15, -0.1) is 0 Å². The summed E-state index contributed by atoms with van der Waals surface area (Å²) in [5, 5.41) is 0. The van der Waals surface area contributed by atoms with Crippen LogP contribution in [0.4, 0.5) is 4.39 Å². The molecule has 0 radical (unpaired) electrons. The lowest BCUT2D eigenvalue weighted by Gasteiger charge is -2.08. The summed E-state index contributed by atoms with van der Waals surface area (Å²) in [4.78, 5) is 11.4. The highest BCUT2D eigenvalue weighted by Gasteiger charge is 2.15. The zero-order valence-corrected chi connectivity index (χ0v) is 9.93. The Labute approximate surface area is 95.3 Å². The third-order valence-corrected chi connectivity index (χ3v) is 2.46. The Hall–Kier alpha value is -0.940. The predicted molar refractivity (Wildman–Crippen MR) is 56.2 cm³/mol. The van der Waals surface area contributed by atoms with Gasteiger partial charge in [-0.05, 0) is 33.6 Å². The molecular formula is C10H10BrFO3. The first-order valence-corrected chi connectivity index (χ1v) is 4.94. The van der Waals surface area contributed by atoms with Crippen molar-refractivity contribution in [3.63, 3.8) is 0 Å². The smallest absolute Gasteiger partial charge is 0.338 e. The number of carbonyl (C=O) groups excluding carboxylic acids is 1. The van der Waals surface area contributed by atoms with Gasteiger partial charge < -0.3 is 9.47 Å². The molecule has 0 spiro atoms. The minimum absolute atomic E-state index is 0.161. The minimum Gasteiger partial charge on any atom is -0.465 e. The van der Waals surface area contributed by atoms with Crippen molar-refractivity contribution in [3.8, 4) is 0 Å². The van der Waals surface area contributed by atoms with Gasteiger partial charge in [0.15, 0.2) is 0 Å². The molecule has 0 aromatic heterocycles. The highest BCUT2D eigenvalue weighted by atomic mass is 79.9. The Morgan fingerprint density at radius 2 is 2.13 bits per heavy atom. The number of methoxy groups -OCH3 is 2. The second kappa shape index (κ2) is 5.23. The highest BCUT2D eigenvalue weighted by molar-refractivity contribution is 9.10. The molecule has 1 aromatic carbocycles. The van der Waals surface area contributed by atoms with E-state index in [4.69, 9.17) is 4.74 Å². The molecule has 0 saturated carbocycles. The quantitative estimate of drug-likeness (QED) is 0.796. The Kier molecular flexibility index (Phi) is 4.23. The molecule has 0 aliphatic carbocycles. The van der Waals surface area contributed by atoms with Crippen molar-refractivity contribution in [1.82, 2.24) is 0 Å². The molecule has 15 heavy (non-hydrogen) atoms. The molecule has 1 aromatic rings. The van der Waals surface area contributed by atoms with Crippen LogP contribution in [0.2, 0.25) is 0 Å². The van der Waals surface area contributed by atoms with Gasteiger partial charge in [-0.2, -0.15) is 0 Å². The standard InChI is InChI=1S/C10H10BrFO3/c1-14-5-6-3-9(12)8(11)4-7(6)10(13)15-2/h3-4H,5H2,1-2H3. The van der Waals surface area contributed by atoms with Crippen LogP contribution < -0.4 is 0 Å². The van der Waals surface area contributed by atoms with Gasteiger partial charge >= 0.3 is 5.97 Å². The van der Waals surface area contributed by atoms with Crippen molar-refractivity contribution in [1.29, 1.82) is 0 Å². The van der Waals surface area contributed by atoms with E-state index in [9.17, 15) is 9.18 Å². The van der Waals surface area contributed by atoms with Crippen molar-refractivity contribution in [2.45, 2.75) is 6.61 Å². The Morgan fingerprint density at radius 3 is 2.67 bits per heavy atom. The fourth-order valence-electron chi connectivity index (χ4n) is 1.16. The number of benzene rings is 1. The van der Waals surface area contributed by atoms with Crippen LogP contribution in [0.15, 0.2) is 16.6 Å². The van der Waals surface area contributed by atoms with Crippen molar-refractivity contribution in [2.24, 2.45) is 0 Å². The van der Waals surface area contributed by atoms with E-state index >= 15 is 0 Å². The summed E-state index contributed by atoms with van der Waals surface area (Å²) >= 11 is 3.01. The van der Waals surface area contributed by atoms with Crippen LogP contribution in [-0.4, -0.2) is 20.2 Å². The molecule has 0 fully saturated rings. The summed E-state index contributed by atoms with van der Waals surface area (Å²) in [7, 11) is 2.75. The van der Waals surface area contributed by atoms with E-state index < -0.39 is 11.8 Å². The van der Waals surface area contributed by atoms with Crippen LogP contribution in [0.5, 0.6) is 0 Å². The molecule has 0 unspecified atom stereocenters. The van der Waals surface area contributed by atoms with Crippen LogP contribution in [0.25, 0.3) is 0 Å². The molecule has 0 atom stereocenters. The lowest BCUT2D eigenvalue weighted by atomic mass is 10.1. The topological polar surface area (TPSA) is 35.5 Å².